The summed E-state index contributed by atoms with van der Waals surface area (Å²) in [5.74, 6) is 1.97. The highest BCUT2D eigenvalue weighted by molar-refractivity contribution is 5.74. The number of aromatic hydroxyl groups is 1. The van der Waals surface area contributed by atoms with E-state index >= 15 is 0 Å². The smallest absolute Gasteiger partial charge is 0.307 e. The summed E-state index contributed by atoms with van der Waals surface area (Å²) in [7, 11) is 0. The maximum absolute atomic E-state index is 13.5. The lowest BCUT2D eigenvalue weighted by Gasteiger charge is -2.55. The Morgan fingerprint density at radius 1 is 0.804 bits per heavy atom. The number of aliphatic carboxylic acids is 1. The summed E-state index contributed by atoms with van der Waals surface area (Å²) in [6.07, 6.45) is 31.1. The molecule has 8 rings (SSSR count). The van der Waals surface area contributed by atoms with Crippen LogP contribution in [0, 0.1) is 35.5 Å². The van der Waals surface area contributed by atoms with Crippen molar-refractivity contribution in [2.45, 2.75) is 108 Å². The van der Waals surface area contributed by atoms with Crippen molar-refractivity contribution >= 4 is 18.1 Å². The largest absolute Gasteiger partial charge is 0.508 e. The van der Waals surface area contributed by atoms with Crippen LogP contribution >= 0.6 is 0 Å². The highest BCUT2D eigenvalue weighted by Crippen LogP contribution is 2.59. The van der Waals surface area contributed by atoms with Gasteiger partial charge in [-0.15, -0.1) is 0 Å². The first-order valence-electron chi connectivity index (χ1n) is 20.2. The predicted molar refractivity (Wildman–Crippen MR) is 208 cm³/mol. The zero-order valence-electron chi connectivity index (χ0n) is 30.3. The van der Waals surface area contributed by atoms with E-state index < -0.39 is 17.3 Å². The molecule has 51 heavy (non-hydrogen) atoms. The average molecular weight is 681 g/mol. The van der Waals surface area contributed by atoms with Crippen molar-refractivity contribution in [1.82, 2.24) is 0 Å². The van der Waals surface area contributed by atoms with E-state index in [-0.39, 0.29) is 0 Å². The number of rotatable bonds is 9. The van der Waals surface area contributed by atoms with E-state index in [0.29, 0.717) is 41.8 Å². The number of benzene rings is 3. The number of hydrogen-bond donors (Lipinski definition) is 2. The van der Waals surface area contributed by atoms with Gasteiger partial charge in [0.05, 0.1) is 5.92 Å². The van der Waals surface area contributed by atoms with E-state index in [0.717, 1.165) is 50.9 Å². The molecule has 0 unspecified atom stereocenters. The highest BCUT2D eigenvalue weighted by atomic mass is 16.4. The minimum absolute atomic E-state index is 0.317. The summed E-state index contributed by atoms with van der Waals surface area (Å²) >= 11 is 0. The molecule has 0 radical (unpaired) electrons. The summed E-state index contributed by atoms with van der Waals surface area (Å²) in [6, 6.07) is 23.9. The van der Waals surface area contributed by atoms with Gasteiger partial charge < -0.3 is 10.2 Å². The van der Waals surface area contributed by atoms with Crippen LogP contribution in [0.15, 0.2) is 91.0 Å². The van der Waals surface area contributed by atoms with Crippen LogP contribution in [0.25, 0.3) is 12.2 Å². The molecule has 8 atom stereocenters. The molecule has 3 aromatic rings. The van der Waals surface area contributed by atoms with Gasteiger partial charge in [0.25, 0.3) is 0 Å². The molecule has 3 heteroatoms. The van der Waals surface area contributed by atoms with Crippen molar-refractivity contribution in [2.24, 2.45) is 35.5 Å². The van der Waals surface area contributed by atoms with Crippen LogP contribution in [0.3, 0.4) is 0 Å². The van der Waals surface area contributed by atoms with Crippen LogP contribution in [0.4, 0.5) is 0 Å². The van der Waals surface area contributed by atoms with Crippen molar-refractivity contribution in [3.8, 4) is 5.75 Å². The van der Waals surface area contributed by atoms with Gasteiger partial charge in [0, 0.05) is 5.41 Å². The number of phenols is 1. The van der Waals surface area contributed by atoms with Gasteiger partial charge in [0.1, 0.15) is 5.75 Å². The Labute approximate surface area is 304 Å². The molecular weight excluding hydrogens is 625 g/mol. The van der Waals surface area contributed by atoms with Gasteiger partial charge in [0.2, 0.25) is 0 Å². The molecule has 3 nitrogen and oxygen atoms in total. The summed E-state index contributed by atoms with van der Waals surface area (Å²) in [4.78, 5) is 13.5. The molecule has 1 spiro atoms. The average Bonchev–Trinajstić information content (AvgIpc) is 3.66. The van der Waals surface area contributed by atoms with Crippen LogP contribution in [0.1, 0.15) is 112 Å². The molecule has 0 amide bonds. The van der Waals surface area contributed by atoms with Gasteiger partial charge in [-0.25, -0.2) is 0 Å². The third kappa shape index (κ3) is 7.03. The summed E-state index contributed by atoms with van der Waals surface area (Å²) in [5, 5.41) is 24.0. The Kier molecular flexibility index (Phi) is 10.1. The summed E-state index contributed by atoms with van der Waals surface area (Å²) in [5.41, 5.74) is 4.95. The number of phenolic OH excluding ortho intramolecular Hbond substituents is 1. The van der Waals surface area contributed by atoms with Crippen molar-refractivity contribution < 1.29 is 15.0 Å². The Morgan fingerprint density at radius 3 is 2.33 bits per heavy atom. The molecule has 5 aliphatic carbocycles. The second-order valence-electron chi connectivity index (χ2n) is 16.8. The number of carbonyl (C=O) groups is 1. The number of allylic oxidation sites excluding steroid dienone is 4. The first-order valence-corrected chi connectivity index (χ1v) is 20.2. The van der Waals surface area contributed by atoms with Crippen LogP contribution in [-0.2, 0) is 23.1 Å². The fraction of sp³-hybridized carbons (Fsp3) is 0.479. The van der Waals surface area contributed by atoms with Crippen molar-refractivity contribution in [3.05, 3.63) is 124 Å². The zero-order valence-corrected chi connectivity index (χ0v) is 30.3. The SMILES string of the molecule is O=C(O)[C@H]1C/C=C/C[C@@H](CCCCCC[C@@H]2C=CCC2)[C@@H](c2ccc(O)cc2)Cc2ccc3c(c2)[C@]12C[C@@H]1C=c4ccccc4=C[C@@H]1C[C@@H]2CC3. The molecular formula is C48H56O3. The first-order chi connectivity index (χ1) is 25.0. The molecule has 0 heterocycles. The van der Waals surface area contributed by atoms with Crippen LogP contribution < -0.4 is 10.4 Å². The molecule has 1 fully saturated rings. The van der Waals surface area contributed by atoms with Gasteiger partial charge in [-0.2, -0.15) is 0 Å². The van der Waals surface area contributed by atoms with Gasteiger partial charge in [0.15, 0.2) is 0 Å². The summed E-state index contributed by atoms with van der Waals surface area (Å²) < 4.78 is 0. The van der Waals surface area contributed by atoms with E-state index in [1.54, 1.807) is 0 Å². The first kappa shape index (κ1) is 34.2. The van der Waals surface area contributed by atoms with Gasteiger partial charge in [-0.3, -0.25) is 4.79 Å². The molecule has 266 valence electrons. The number of carboxylic acid groups (broad SMARTS) is 1. The molecule has 0 aromatic heterocycles. The number of fused-ring (bicyclic) bond motifs is 3. The lowest BCUT2D eigenvalue weighted by molar-refractivity contribution is -0.147. The molecule has 0 aliphatic heterocycles. The van der Waals surface area contributed by atoms with Crippen LogP contribution in [-0.4, -0.2) is 16.2 Å². The van der Waals surface area contributed by atoms with Crippen molar-refractivity contribution in [1.29, 1.82) is 0 Å². The number of carboxylic acids is 1. The molecule has 0 saturated heterocycles. The molecule has 2 N–H and O–H groups in total. The summed E-state index contributed by atoms with van der Waals surface area (Å²) in [6.45, 7) is 0. The van der Waals surface area contributed by atoms with E-state index in [1.807, 2.05) is 12.1 Å². The van der Waals surface area contributed by atoms with Crippen molar-refractivity contribution in [3.63, 3.8) is 0 Å². The normalized spacial score (nSPS) is 31.4. The lowest BCUT2D eigenvalue weighted by atomic mass is 9.47. The van der Waals surface area contributed by atoms with Gasteiger partial charge >= 0.3 is 5.97 Å². The molecule has 2 bridgehead atoms. The Morgan fingerprint density at radius 2 is 1.57 bits per heavy atom. The second kappa shape index (κ2) is 15.0. The lowest BCUT2D eigenvalue weighted by Crippen LogP contribution is -2.54. The maximum Gasteiger partial charge on any atom is 0.307 e. The Bertz CT molecular complexity index is 1880. The van der Waals surface area contributed by atoms with E-state index in [9.17, 15) is 15.0 Å². The fourth-order valence-electron chi connectivity index (χ4n) is 11.3. The van der Waals surface area contributed by atoms with E-state index in [1.165, 1.54) is 77.6 Å². The molecule has 5 aliphatic rings. The van der Waals surface area contributed by atoms with Gasteiger partial charge in [-0.1, -0.05) is 117 Å². The van der Waals surface area contributed by atoms with Crippen LogP contribution in [0.2, 0.25) is 0 Å². The fourth-order valence-corrected chi connectivity index (χ4v) is 11.3. The number of aryl methyl sites for hydroxylation is 1. The Balaban J connectivity index is 1.13. The van der Waals surface area contributed by atoms with Crippen LogP contribution in [0.5, 0.6) is 5.75 Å². The number of hydrogen-bond acceptors (Lipinski definition) is 2. The van der Waals surface area contributed by atoms with E-state index in [4.69, 9.17) is 0 Å². The number of unbranched alkanes of at least 4 members (excludes halogenated alkanes) is 3. The molecule has 1 saturated carbocycles. The van der Waals surface area contributed by atoms with Gasteiger partial charge in [-0.05, 0) is 151 Å². The highest BCUT2D eigenvalue weighted by Gasteiger charge is 2.56. The third-order valence-corrected chi connectivity index (χ3v) is 13.9. The van der Waals surface area contributed by atoms with E-state index in [2.05, 4.69) is 91.1 Å². The third-order valence-electron chi connectivity index (χ3n) is 13.9. The predicted octanol–water partition coefficient (Wildman–Crippen LogP) is 9.79. The minimum Gasteiger partial charge on any atom is -0.508 e. The Hall–Kier alpha value is -3.85. The quantitative estimate of drug-likeness (QED) is 0.175. The van der Waals surface area contributed by atoms with Crippen molar-refractivity contribution in [2.75, 3.05) is 0 Å². The molecule has 3 aromatic carbocycles. The standard InChI is InChI=1S/C48H56O3/c49-43-25-22-36(23-26-43)44-27-34-19-20-37-21-24-42-31-40-29-38-16-7-8-17-39(38)30-41(40)32-48(42,46(37)28-34)45(47(50)51)18-10-9-15-35(44)14-4-2-1-3-11-33-12-5-6-13-33/h5,7-10,12,16-17,19-20,22-23,25-26,28-30,33,35,40-42,44-45,49H,1-4,6,11,13-15,18,21,24,27,31-32H2,(H,50,51)/b10-9+/t33-,35-,40-,41+,42+,44+,45-,48+/m1/s1. The minimum atomic E-state index is -0.634. The second-order valence-corrected chi connectivity index (χ2v) is 16.8. The monoisotopic (exact) mass is 680 g/mol. The zero-order chi connectivity index (χ0) is 34.8. The maximum atomic E-state index is 13.5. The topological polar surface area (TPSA) is 57.5 Å².